The maximum Gasteiger partial charge on any atom is 0.253 e. The first-order valence-corrected chi connectivity index (χ1v) is 9.39. The number of carbonyl (C=O) groups excluding carboxylic acids is 1. The highest BCUT2D eigenvalue weighted by Gasteiger charge is 2.27. The summed E-state index contributed by atoms with van der Waals surface area (Å²) in [5.74, 6) is 0.758. The SMILES string of the molecule is COc1ccc(-c2cc(C(=O)NC3CC3)c(C)n2-c2ccccc2Cl)cc1. The van der Waals surface area contributed by atoms with Gasteiger partial charge in [0.2, 0.25) is 0 Å². The van der Waals surface area contributed by atoms with E-state index in [0.29, 0.717) is 16.6 Å². The summed E-state index contributed by atoms with van der Waals surface area (Å²) < 4.78 is 7.31. The molecule has 0 atom stereocenters. The van der Waals surface area contributed by atoms with E-state index in [1.54, 1.807) is 7.11 Å². The molecule has 0 saturated heterocycles. The number of methoxy groups -OCH3 is 1. The topological polar surface area (TPSA) is 43.3 Å². The summed E-state index contributed by atoms with van der Waals surface area (Å²) in [5.41, 5.74) is 4.31. The van der Waals surface area contributed by atoms with E-state index in [1.165, 1.54) is 0 Å². The number of nitrogens with one attached hydrogen (secondary N) is 1. The number of nitrogens with zero attached hydrogens (tertiary/aromatic N) is 1. The Labute approximate surface area is 163 Å². The molecule has 1 saturated carbocycles. The fourth-order valence-electron chi connectivity index (χ4n) is 3.25. The van der Waals surface area contributed by atoms with Gasteiger partial charge in [0.1, 0.15) is 5.75 Å². The van der Waals surface area contributed by atoms with Gasteiger partial charge in [-0.25, -0.2) is 0 Å². The molecule has 5 heteroatoms. The number of carbonyl (C=O) groups is 1. The number of benzene rings is 2. The molecule has 27 heavy (non-hydrogen) atoms. The smallest absolute Gasteiger partial charge is 0.253 e. The van der Waals surface area contributed by atoms with Crippen molar-refractivity contribution in [1.29, 1.82) is 0 Å². The van der Waals surface area contributed by atoms with Gasteiger partial charge in [-0.1, -0.05) is 23.7 Å². The average molecular weight is 381 g/mol. The third-order valence-electron chi connectivity index (χ3n) is 4.88. The second-order valence-corrected chi connectivity index (χ2v) is 7.20. The first-order valence-electron chi connectivity index (χ1n) is 9.01. The van der Waals surface area contributed by atoms with Crippen LogP contribution >= 0.6 is 11.6 Å². The van der Waals surface area contributed by atoms with Crippen molar-refractivity contribution in [2.75, 3.05) is 7.11 Å². The Balaban J connectivity index is 1.86. The van der Waals surface area contributed by atoms with Crippen molar-refractivity contribution in [2.24, 2.45) is 0 Å². The van der Waals surface area contributed by atoms with Gasteiger partial charge in [-0.15, -0.1) is 0 Å². The number of hydrogen-bond acceptors (Lipinski definition) is 2. The van der Waals surface area contributed by atoms with E-state index in [-0.39, 0.29) is 5.91 Å². The molecular weight excluding hydrogens is 360 g/mol. The van der Waals surface area contributed by atoms with Crippen molar-refractivity contribution in [3.05, 3.63) is 70.9 Å². The first kappa shape index (κ1) is 17.7. The molecule has 1 N–H and O–H groups in total. The summed E-state index contributed by atoms with van der Waals surface area (Å²) in [6.07, 6.45) is 2.11. The third kappa shape index (κ3) is 3.45. The third-order valence-corrected chi connectivity index (χ3v) is 5.20. The van der Waals surface area contributed by atoms with Gasteiger partial charge in [-0.05, 0) is 67.8 Å². The van der Waals surface area contributed by atoms with Gasteiger partial charge in [0.25, 0.3) is 5.91 Å². The van der Waals surface area contributed by atoms with E-state index in [0.717, 1.165) is 41.2 Å². The van der Waals surface area contributed by atoms with Crippen LogP contribution in [-0.4, -0.2) is 23.6 Å². The van der Waals surface area contributed by atoms with Crippen LogP contribution < -0.4 is 10.1 Å². The molecule has 2 aromatic carbocycles. The predicted octanol–water partition coefficient (Wildman–Crippen LogP) is 5.01. The Kier molecular flexibility index (Phi) is 4.66. The average Bonchev–Trinajstić information content (AvgIpc) is 3.43. The lowest BCUT2D eigenvalue weighted by Crippen LogP contribution is -2.25. The van der Waals surface area contributed by atoms with Crippen LogP contribution in [0.2, 0.25) is 5.02 Å². The molecule has 138 valence electrons. The highest BCUT2D eigenvalue weighted by molar-refractivity contribution is 6.32. The van der Waals surface area contributed by atoms with Crippen LogP contribution in [0.4, 0.5) is 0 Å². The fraction of sp³-hybridized carbons (Fsp3) is 0.227. The first-order chi connectivity index (χ1) is 13.1. The summed E-state index contributed by atoms with van der Waals surface area (Å²) in [6, 6.07) is 17.7. The number of rotatable bonds is 5. The molecular formula is C22H21ClN2O2. The van der Waals surface area contributed by atoms with E-state index in [2.05, 4.69) is 5.32 Å². The van der Waals surface area contributed by atoms with Crippen LogP contribution in [0.1, 0.15) is 28.9 Å². The Bertz CT molecular complexity index is 988. The molecule has 0 aliphatic heterocycles. The summed E-state index contributed by atoms with van der Waals surface area (Å²) in [6.45, 7) is 1.96. The molecule has 1 heterocycles. The number of halogens is 1. The Morgan fingerprint density at radius 1 is 1.15 bits per heavy atom. The summed E-state index contributed by atoms with van der Waals surface area (Å²) in [5, 5.41) is 3.72. The summed E-state index contributed by atoms with van der Waals surface area (Å²) in [7, 11) is 1.64. The van der Waals surface area contributed by atoms with Gasteiger partial charge in [-0.3, -0.25) is 4.79 Å². The van der Waals surface area contributed by atoms with Gasteiger partial charge < -0.3 is 14.6 Å². The largest absolute Gasteiger partial charge is 0.497 e. The quantitative estimate of drug-likeness (QED) is 0.676. The van der Waals surface area contributed by atoms with E-state index >= 15 is 0 Å². The molecule has 1 aliphatic carbocycles. The highest BCUT2D eigenvalue weighted by Crippen LogP contribution is 2.33. The Morgan fingerprint density at radius 3 is 2.48 bits per heavy atom. The zero-order chi connectivity index (χ0) is 19.0. The zero-order valence-corrected chi connectivity index (χ0v) is 16.1. The Hall–Kier alpha value is -2.72. The minimum Gasteiger partial charge on any atom is -0.497 e. The van der Waals surface area contributed by atoms with Crippen LogP contribution in [0.3, 0.4) is 0 Å². The van der Waals surface area contributed by atoms with Crippen LogP contribution in [0.5, 0.6) is 5.75 Å². The zero-order valence-electron chi connectivity index (χ0n) is 15.3. The second kappa shape index (κ2) is 7.12. The lowest BCUT2D eigenvalue weighted by molar-refractivity contribution is 0.0950. The maximum absolute atomic E-state index is 12.8. The maximum atomic E-state index is 12.8. The van der Waals surface area contributed by atoms with Gasteiger partial charge in [-0.2, -0.15) is 0 Å². The van der Waals surface area contributed by atoms with Crippen molar-refractivity contribution in [3.8, 4) is 22.7 Å². The van der Waals surface area contributed by atoms with Crippen molar-refractivity contribution in [3.63, 3.8) is 0 Å². The normalized spacial score (nSPS) is 13.4. The van der Waals surface area contributed by atoms with Gasteiger partial charge in [0.05, 0.1) is 29.1 Å². The van der Waals surface area contributed by atoms with E-state index in [4.69, 9.17) is 16.3 Å². The molecule has 0 unspecified atom stereocenters. The van der Waals surface area contributed by atoms with E-state index in [1.807, 2.05) is 66.1 Å². The molecule has 1 fully saturated rings. The number of ether oxygens (including phenoxy) is 1. The lowest BCUT2D eigenvalue weighted by Gasteiger charge is -2.14. The lowest BCUT2D eigenvalue weighted by atomic mass is 10.1. The van der Waals surface area contributed by atoms with Crippen molar-refractivity contribution >= 4 is 17.5 Å². The van der Waals surface area contributed by atoms with E-state index < -0.39 is 0 Å². The summed E-state index contributed by atoms with van der Waals surface area (Å²) >= 11 is 6.48. The highest BCUT2D eigenvalue weighted by atomic mass is 35.5. The fourth-order valence-corrected chi connectivity index (χ4v) is 3.47. The van der Waals surface area contributed by atoms with Gasteiger partial charge in [0.15, 0.2) is 0 Å². The van der Waals surface area contributed by atoms with Crippen molar-refractivity contribution in [1.82, 2.24) is 9.88 Å². The number of amides is 1. The predicted molar refractivity (Wildman–Crippen MR) is 108 cm³/mol. The van der Waals surface area contributed by atoms with Crippen molar-refractivity contribution < 1.29 is 9.53 Å². The van der Waals surface area contributed by atoms with Crippen LogP contribution in [0.15, 0.2) is 54.6 Å². The Morgan fingerprint density at radius 2 is 1.85 bits per heavy atom. The monoisotopic (exact) mass is 380 g/mol. The van der Waals surface area contributed by atoms with Crippen LogP contribution in [-0.2, 0) is 0 Å². The molecule has 4 rings (SSSR count). The molecule has 4 nitrogen and oxygen atoms in total. The molecule has 1 aromatic heterocycles. The minimum atomic E-state index is -0.0319. The molecule has 0 spiro atoms. The molecule has 1 amide bonds. The standard InChI is InChI=1S/C22H21ClN2O2/c1-14-18(22(26)24-16-9-10-16)13-21(15-7-11-17(27-2)12-8-15)25(14)20-6-4-3-5-19(20)23/h3-8,11-13,16H,9-10H2,1-2H3,(H,24,26). The number of para-hydroxylation sites is 1. The van der Waals surface area contributed by atoms with Gasteiger partial charge in [0, 0.05) is 11.7 Å². The second-order valence-electron chi connectivity index (χ2n) is 6.79. The number of aromatic nitrogens is 1. The summed E-state index contributed by atoms with van der Waals surface area (Å²) in [4.78, 5) is 12.8. The number of hydrogen-bond donors (Lipinski definition) is 1. The molecule has 0 bridgehead atoms. The van der Waals surface area contributed by atoms with Crippen molar-refractivity contribution in [2.45, 2.75) is 25.8 Å². The van der Waals surface area contributed by atoms with Crippen LogP contribution in [0, 0.1) is 6.92 Å². The molecule has 0 radical (unpaired) electrons. The van der Waals surface area contributed by atoms with E-state index in [9.17, 15) is 4.79 Å². The molecule has 1 aliphatic rings. The molecule has 3 aromatic rings. The minimum absolute atomic E-state index is 0.0319. The van der Waals surface area contributed by atoms with Crippen LogP contribution in [0.25, 0.3) is 16.9 Å². The van der Waals surface area contributed by atoms with Gasteiger partial charge >= 0.3 is 0 Å².